The molecular weight excluding hydrogens is 376 g/mol. The molecule has 1 aromatic rings. The topological polar surface area (TPSA) is 103 Å². The predicted octanol–water partition coefficient (Wildman–Crippen LogP) is 2.64. The first-order valence-corrected chi connectivity index (χ1v) is 11.2. The van der Waals surface area contributed by atoms with Gasteiger partial charge in [-0.1, -0.05) is 26.8 Å². The van der Waals surface area contributed by atoms with Gasteiger partial charge in [0.2, 0.25) is 10.0 Å². The number of benzene rings is 1. The van der Waals surface area contributed by atoms with Gasteiger partial charge in [-0.25, -0.2) is 13.8 Å². The van der Waals surface area contributed by atoms with Gasteiger partial charge in [-0.15, -0.1) is 0 Å². The van der Waals surface area contributed by atoms with Crippen LogP contribution in [0.15, 0.2) is 29.4 Å². The van der Waals surface area contributed by atoms with Crippen LogP contribution in [0.2, 0.25) is 0 Å². The number of rotatable bonds is 5. The average Bonchev–Trinajstić information content (AvgIpc) is 2.96. The number of amides is 1. The zero-order valence-electron chi connectivity index (χ0n) is 16.7. The Hall–Kier alpha value is -2.40. The zero-order valence-corrected chi connectivity index (χ0v) is 17.5. The normalized spacial score (nSPS) is 26.8. The lowest BCUT2D eigenvalue weighted by molar-refractivity contribution is -0.119. The molecule has 0 saturated heterocycles. The van der Waals surface area contributed by atoms with Gasteiger partial charge in [0.25, 0.3) is 5.91 Å². The summed E-state index contributed by atoms with van der Waals surface area (Å²) in [6.45, 7) is 6.31. The van der Waals surface area contributed by atoms with Crippen LogP contribution < -0.4 is 9.73 Å². The van der Waals surface area contributed by atoms with Gasteiger partial charge in [0.1, 0.15) is 6.54 Å². The smallest absolute Gasteiger partial charge is 0.260 e. The number of nitriles is 1. The van der Waals surface area contributed by atoms with Crippen molar-refractivity contribution in [1.29, 1.82) is 5.26 Å². The van der Waals surface area contributed by atoms with E-state index in [-0.39, 0.29) is 16.5 Å². The van der Waals surface area contributed by atoms with Gasteiger partial charge < -0.3 is 0 Å². The van der Waals surface area contributed by atoms with E-state index in [0.717, 1.165) is 29.1 Å². The molecule has 1 N–H and O–H groups in total. The molecular formula is C20H26N4O3S. The highest BCUT2D eigenvalue weighted by Crippen LogP contribution is 2.63. The van der Waals surface area contributed by atoms with Gasteiger partial charge in [0.15, 0.2) is 0 Å². The number of sulfonamides is 1. The third-order valence-corrected chi connectivity index (χ3v) is 7.92. The van der Waals surface area contributed by atoms with Crippen LogP contribution in [0.5, 0.6) is 0 Å². The minimum atomic E-state index is -3.70. The maximum absolute atomic E-state index is 12.5. The Morgan fingerprint density at radius 3 is 2.64 bits per heavy atom. The van der Waals surface area contributed by atoms with Crippen LogP contribution in [0.25, 0.3) is 0 Å². The summed E-state index contributed by atoms with van der Waals surface area (Å²) in [4.78, 5) is 12.5. The van der Waals surface area contributed by atoms with Crippen molar-refractivity contribution in [2.45, 2.75) is 40.0 Å². The number of nitrogens with zero attached hydrogens (tertiary/aromatic N) is 3. The molecule has 2 bridgehead atoms. The quantitative estimate of drug-likeness (QED) is 0.765. The number of hydrogen-bond acceptors (Lipinski definition) is 5. The Morgan fingerprint density at radius 2 is 2.11 bits per heavy atom. The van der Waals surface area contributed by atoms with Gasteiger partial charge in [0.05, 0.1) is 23.6 Å². The lowest BCUT2D eigenvalue weighted by Crippen LogP contribution is -2.40. The summed E-state index contributed by atoms with van der Waals surface area (Å²) in [6.07, 6.45) is 4.12. The van der Waals surface area contributed by atoms with Crippen molar-refractivity contribution in [1.82, 2.24) is 5.43 Å². The summed E-state index contributed by atoms with van der Waals surface area (Å²) in [5.74, 6) is 0.0545. The van der Waals surface area contributed by atoms with Crippen molar-refractivity contribution >= 4 is 27.3 Å². The van der Waals surface area contributed by atoms with Crippen molar-refractivity contribution in [3.8, 4) is 6.07 Å². The van der Waals surface area contributed by atoms with Gasteiger partial charge in [-0.3, -0.25) is 9.10 Å². The molecule has 2 atom stereocenters. The fourth-order valence-electron chi connectivity index (χ4n) is 4.52. The summed E-state index contributed by atoms with van der Waals surface area (Å²) in [7, 11) is -3.70. The van der Waals surface area contributed by atoms with Gasteiger partial charge in [-0.2, -0.15) is 10.4 Å². The van der Waals surface area contributed by atoms with Crippen molar-refractivity contribution in [3.63, 3.8) is 0 Å². The van der Waals surface area contributed by atoms with Crippen LogP contribution in [0.4, 0.5) is 5.69 Å². The fourth-order valence-corrected chi connectivity index (χ4v) is 5.37. The molecule has 7 nitrogen and oxygen atoms in total. The lowest BCUT2D eigenvalue weighted by atomic mass is 9.70. The highest BCUT2D eigenvalue weighted by atomic mass is 32.2. The largest absolute Gasteiger partial charge is 0.271 e. The second kappa shape index (κ2) is 6.89. The lowest BCUT2D eigenvalue weighted by Gasteiger charge is -2.34. The maximum atomic E-state index is 12.5. The van der Waals surface area contributed by atoms with Crippen LogP contribution in [0, 0.1) is 28.1 Å². The molecule has 0 aromatic heterocycles. The number of hydrogen-bond donors (Lipinski definition) is 1. The van der Waals surface area contributed by atoms with Gasteiger partial charge in [-0.05, 0) is 48.8 Å². The van der Waals surface area contributed by atoms with Crippen molar-refractivity contribution < 1.29 is 13.2 Å². The number of carbonyl (C=O) groups excluding carboxylic acids is 1. The first-order valence-electron chi connectivity index (χ1n) is 9.33. The molecule has 2 fully saturated rings. The van der Waals surface area contributed by atoms with E-state index < -0.39 is 22.5 Å². The Kier molecular flexibility index (Phi) is 5.00. The second-order valence-corrected chi connectivity index (χ2v) is 10.4. The van der Waals surface area contributed by atoms with E-state index in [9.17, 15) is 13.2 Å². The molecule has 0 aliphatic heterocycles. The van der Waals surface area contributed by atoms with E-state index in [1.54, 1.807) is 18.2 Å². The minimum Gasteiger partial charge on any atom is -0.271 e. The molecule has 0 spiro atoms. The number of nitrogens with one attached hydrogen (secondary N) is 1. The van der Waals surface area contributed by atoms with Crippen molar-refractivity contribution in [2.24, 2.45) is 21.8 Å². The molecule has 0 heterocycles. The van der Waals surface area contributed by atoms with Crippen LogP contribution >= 0.6 is 0 Å². The van der Waals surface area contributed by atoms with E-state index >= 15 is 0 Å². The predicted molar refractivity (Wildman–Crippen MR) is 108 cm³/mol. The molecule has 1 aromatic carbocycles. The van der Waals surface area contributed by atoms with E-state index in [4.69, 9.17) is 5.26 Å². The summed E-state index contributed by atoms with van der Waals surface area (Å²) in [6, 6.07) is 8.14. The maximum Gasteiger partial charge on any atom is 0.260 e. The molecule has 150 valence electrons. The Bertz CT molecular complexity index is 977. The molecule has 8 heteroatoms. The summed E-state index contributed by atoms with van der Waals surface area (Å²) >= 11 is 0. The van der Waals surface area contributed by atoms with Crippen LogP contribution in [-0.2, 0) is 14.8 Å². The Balaban J connectivity index is 1.76. The van der Waals surface area contributed by atoms with Crippen LogP contribution in [0.1, 0.15) is 45.6 Å². The standard InChI is InChI=1S/C20H26N4O3S/c1-19(2)15-8-9-20(19,3)17(11-15)22-23-18(25)13-24(28(4,26)27)16-7-5-6-14(10-16)12-21/h5-7,10,15H,8-9,11,13H2,1-4H3,(H,23,25)/b22-17-. The van der Waals surface area contributed by atoms with Crippen molar-refractivity contribution in [2.75, 3.05) is 17.1 Å². The van der Waals surface area contributed by atoms with E-state index in [2.05, 4.69) is 31.3 Å². The number of anilines is 1. The van der Waals surface area contributed by atoms with Gasteiger partial charge >= 0.3 is 0 Å². The number of fused-ring (bicyclic) bond motifs is 2. The highest BCUT2D eigenvalue weighted by Gasteiger charge is 2.60. The SMILES string of the molecule is CC12CCC(C/C1=N/NC(=O)CN(c1cccc(C#N)c1)S(C)(=O)=O)C2(C)C. The van der Waals surface area contributed by atoms with Gasteiger partial charge in [0, 0.05) is 11.1 Å². The first-order chi connectivity index (χ1) is 13.0. The Labute approximate surface area is 166 Å². The molecule has 2 aliphatic carbocycles. The summed E-state index contributed by atoms with van der Waals surface area (Å²) in [5, 5.41) is 13.4. The molecule has 0 radical (unpaired) electrons. The average molecular weight is 403 g/mol. The number of hydrazone groups is 1. The molecule has 1 amide bonds. The zero-order chi connectivity index (χ0) is 20.7. The van der Waals surface area contributed by atoms with Crippen molar-refractivity contribution in [3.05, 3.63) is 29.8 Å². The summed E-state index contributed by atoms with van der Waals surface area (Å²) in [5.41, 5.74) is 4.24. The third kappa shape index (κ3) is 3.39. The highest BCUT2D eigenvalue weighted by molar-refractivity contribution is 7.92. The minimum absolute atomic E-state index is 0.0391. The molecule has 2 saturated carbocycles. The summed E-state index contributed by atoms with van der Waals surface area (Å²) < 4.78 is 25.4. The van der Waals surface area contributed by atoms with E-state index in [1.165, 1.54) is 12.5 Å². The fraction of sp³-hybridized carbons (Fsp3) is 0.550. The molecule has 2 unspecified atom stereocenters. The van der Waals surface area contributed by atoms with Crippen LogP contribution in [-0.4, -0.2) is 32.8 Å². The second-order valence-electron chi connectivity index (χ2n) is 8.52. The molecule has 2 aliphatic rings. The van der Waals surface area contributed by atoms with E-state index in [0.29, 0.717) is 11.5 Å². The molecule has 3 rings (SSSR count). The number of carbonyl (C=O) groups is 1. The van der Waals surface area contributed by atoms with Crippen LogP contribution in [0.3, 0.4) is 0 Å². The first kappa shape index (κ1) is 20.3. The third-order valence-electron chi connectivity index (χ3n) is 6.78. The van der Waals surface area contributed by atoms with E-state index in [1.807, 2.05) is 6.07 Å². The Morgan fingerprint density at radius 1 is 1.39 bits per heavy atom. The monoisotopic (exact) mass is 402 g/mol. The molecule has 28 heavy (non-hydrogen) atoms.